The number of piperazine rings is 1. The number of nitrogens with one attached hydrogen (secondary N) is 1. The van der Waals surface area contributed by atoms with E-state index in [0.717, 1.165) is 18.7 Å². The lowest BCUT2D eigenvalue weighted by Crippen LogP contribution is -2.53. The number of hydrogen-bond acceptors (Lipinski definition) is 5. The van der Waals surface area contributed by atoms with E-state index in [1.165, 1.54) is 0 Å². The minimum atomic E-state index is 0.485. The monoisotopic (exact) mass is 272 g/mol. The average molecular weight is 272 g/mol. The van der Waals surface area contributed by atoms with Crippen molar-refractivity contribution in [3.05, 3.63) is 36.2 Å². The van der Waals surface area contributed by atoms with E-state index in [9.17, 15) is 0 Å². The van der Waals surface area contributed by atoms with E-state index in [1.807, 2.05) is 30.3 Å². The van der Waals surface area contributed by atoms with Crippen LogP contribution in [0.5, 0.6) is 0 Å². The van der Waals surface area contributed by atoms with Crippen LogP contribution >= 0.6 is 0 Å². The third-order valence-electron chi connectivity index (χ3n) is 3.72. The average Bonchev–Trinajstić information content (AvgIpc) is 2.92. The largest absolute Gasteiger partial charge is 0.419 e. The molecule has 20 heavy (non-hydrogen) atoms. The first-order chi connectivity index (χ1) is 9.72. The normalized spacial score (nSPS) is 23.9. The molecule has 5 heteroatoms. The van der Waals surface area contributed by atoms with Gasteiger partial charge in [-0.3, -0.25) is 4.90 Å². The minimum absolute atomic E-state index is 0.485. The zero-order chi connectivity index (χ0) is 13.9. The van der Waals surface area contributed by atoms with Gasteiger partial charge in [0.15, 0.2) is 0 Å². The summed E-state index contributed by atoms with van der Waals surface area (Å²) in [6, 6.07) is 10.9. The first-order valence-electron chi connectivity index (χ1n) is 7.07. The Kier molecular flexibility index (Phi) is 3.80. The van der Waals surface area contributed by atoms with Gasteiger partial charge >= 0.3 is 0 Å². The van der Waals surface area contributed by atoms with Crippen molar-refractivity contribution in [1.82, 2.24) is 20.4 Å². The molecule has 1 N–H and O–H groups in total. The summed E-state index contributed by atoms with van der Waals surface area (Å²) in [5.41, 5.74) is 0.966. The van der Waals surface area contributed by atoms with Crippen molar-refractivity contribution in [2.24, 2.45) is 0 Å². The highest BCUT2D eigenvalue weighted by atomic mass is 16.4. The first kappa shape index (κ1) is 13.3. The van der Waals surface area contributed by atoms with Gasteiger partial charge in [-0.2, -0.15) is 0 Å². The Bertz CT molecular complexity index is 554. The van der Waals surface area contributed by atoms with Crippen LogP contribution in [0.1, 0.15) is 19.7 Å². The Morgan fingerprint density at radius 3 is 2.85 bits per heavy atom. The summed E-state index contributed by atoms with van der Waals surface area (Å²) in [7, 11) is 0. The van der Waals surface area contributed by atoms with Gasteiger partial charge in [0.1, 0.15) is 0 Å². The molecular weight excluding hydrogens is 252 g/mol. The van der Waals surface area contributed by atoms with E-state index in [-0.39, 0.29) is 0 Å². The van der Waals surface area contributed by atoms with Crippen LogP contribution in [0.25, 0.3) is 11.5 Å². The second-order valence-corrected chi connectivity index (χ2v) is 5.45. The van der Waals surface area contributed by atoms with Gasteiger partial charge in [0.25, 0.3) is 0 Å². The molecule has 5 nitrogen and oxygen atoms in total. The maximum absolute atomic E-state index is 5.77. The minimum Gasteiger partial charge on any atom is -0.419 e. The zero-order valence-corrected chi connectivity index (χ0v) is 11.9. The predicted octanol–water partition coefficient (Wildman–Crippen LogP) is 1.92. The van der Waals surface area contributed by atoms with Gasteiger partial charge in [-0.25, -0.2) is 0 Å². The Morgan fingerprint density at radius 2 is 2.05 bits per heavy atom. The Labute approximate surface area is 119 Å². The molecule has 0 bridgehead atoms. The van der Waals surface area contributed by atoms with E-state index >= 15 is 0 Å². The molecule has 0 aliphatic carbocycles. The summed E-state index contributed by atoms with van der Waals surface area (Å²) in [6.07, 6.45) is 0. The summed E-state index contributed by atoms with van der Waals surface area (Å²) in [5, 5.41) is 11.8. The van der Waals surface area contributed by atoms with Crippen LogP contribution in [-0.2, 0) is 6.54 Å². The highest BCUT2D eigenvalue weighted by molar-refractivity contribution is 5.51. The SMILES string of the molecule is CC1CN(Cc2nnc(-c3ccccc3)o2)C(C)CN1. The third-order valence-corrected chi connectivity index (χ3v) is 3.72. The van der Waals surface area contributed by atoms with E-state index in [1.54, 1.807) is 0 Å². The number of rotatable bonds is 3. The molecule has 0 amide bonds. The summed E-state index contributed by atoms with van der Waals surface area (Å²) in [4.78, 5) is 2.38. The summed E-state index contributed by atoms with van der Waals surface area (Å²) < 4.78 is 5.77. The lowest BCUT2D eigenvalue weighted by molar-refractivity contribution is 0.127. The van der Waals surface area contributed by atoms with Gasteiger partial charge < -0.3 is 9.73 Å². The van der Waals surface area contributed by atoms with Gasteiger partial charge in [-0.05, 0) is 26.0 Å². The van der Waals surface area contributed by atoms with Crippen LogP contribution in [0.4, 0.5) is 0 Å². The van der Waals surface area contributed by atoms with Gasteiger partial charge in [-0.1, -0.05) is 18.2 Å². The molecule has 1 saturated heterocycles. The smallest absolute Gasteiger partial charge is 0.247 e. The zero-order valence-electron chi connectivity index (χ0n) is 11.9. The lowest BCUT2D eigenvalue weighted by atomic mass is 10.1. The fraction of sp³-hybridized carbons (Fsp3) is 0.467. The molecule has 2 heterocycles. The first-order valence-corrected chi connectivity index (χ1v) is 7.07. The Morgan fingerprint density at radius 1 is 1.25 bits per heavy atom. The van der Waals surface area contributed by atoms with Crippen LogP contribution in [-0.4, -0.2) is 40.3 Å². The van der Waals surface area contributed by atoms with Gasteiger partial charge in [-0.15, -0.1) is 10.2 Å². The number of benzene rings is 1. The molecule has 106 valence electrons. The quantitative estimate of drug-likeness (QED) is 0.925. The van der Waals surface area contributed by atoms with E-state index in [2.05, 4.69) is 34.3 Å². The topological polar surface area (TPSA) is 54.2 Å². The van der Waals surface area contributed by atoms with E-state index < -0.39 is 0 Å². The summed E-state index contributed by atoms with van der Waals surface area (Å²) >= 11 is 0. The predicted molar refractivity (Wildman–Crippen MR) is 77.1 cm³/mol. The van der Waals surface area contributed by atoms with Crippen molar-refractivity contribution in [2.75, 3.05) is 13.1 Å². The third kappa shape index (κ3) is 2.89. The molecule has 0 saturated carbocycles. The number of hydrogen-bond donors (Lipinski definition) is 1. The molecule has 1 aliphatic heterocycles. The van der Waals surface area contributed by atoms with Crippen LogP contribution in [0.2, 0.25) is 0 Å². The standard InChI is InChI=1S/C15H20N4O/c1-11-9-19(12(2)8-16-11)10-14-17-18-15(20-14)13-6-4-3-5-7-13/h3-7,11-12,16H,8-10H2,1-2H3. The highest BCUT2D eigenvalue weighted by Gasteiger charge is 2.24. The van der Waals surface area contributed by atoms with Crippen molar-refractivity contribution in [2.45, 2.75) is 32.5 Å². The van der Waals surface area contributed by atoms with Crippen LogP contribution < -0.4 is 5.32 Å². The molecule has 1 aromatic carbocycles. The molecule has 0 spiro atoms. The van der Waals surface area contributed by atoms with Crippen molar-refractivity contribution in [1.29, 1.82) is 0 Å². The van der Waals surface area contributed by atoms with Crippen molar-refractivity contribution in [3.8, 4) is 11.5 Å². The van der Waals surface area contributed by atoms with Gasteiger partial charge in [0.2, 0.25) is 11.8 Å². The molecular formula is C15H20N4O. The van der Waals surface area contributed by atoms with Crippen LogP contribution in [0.15, 0.2) is 34.7 Å². The van der Waals surface area contributed by atoms with Gasteiger partial charge in [0, 0.05) is 30.7 Å². The molecule has 2 aromatic rings. The number of nitrogens with zero attached hydrogens (tertiary/aromatic N) is 3. The second-order valence-electron chi connectivity index (χ2n) is 5.45. The van der Waals surface area contributed by atoms with Crippen molar-refractivity contribution >= 4 is 0 Å². The van der Waals surface area contributed by atoms with Gasteiger partial charge in [0.05, 0.1) is 6.54 Å². The summed E-state index contributed by atoms with van der Waals surface area (Å²) in [6.45, 7) is 7.13. The maximum Gasteiger partial charge on any atom is 0.247 e. The summed E-state index contributed by atoms with van der Waals surface area (Å²) in [5.74, 6) is 1.28. The van der Waals surface area contributed by atoms with Crippen molar-refractivity contribution in [3.63, 3.8) is 0 Å². The van der Waals surface area contributed by atoms with Crippen LogP contribution in [0.3, 0.4) is 0 Å². The molecule has 1 aliphatic rings. The molecule has 1 fully saturated rings. The Hall–Kier alpha value is -1.72. The lowest BCUT2D eigenvalue weighted by Gasteiger charge is -2.36. The van der Waals surface area contributed by atoms with E-state index in [4.69, 9.17) is 4.42 Å². The van der Waals surface area contributed by atoms with Crippen LogP contribution in [0, 0.1) is 0 Å². The number of aromatic nitrogens is 2. The second kappa shape index (κ2) is 5.73. The maximum atomic E-state index is 5.77. The highest BCUT2D eigenvalue weighted by Crippen LogP contribution is 2.18. The fourth-order valence-electron chi connectivity index (χ4n) is 2.51. The molecule has 0 radical (unpaired) electrons. The Balaban J connectivity index is 1.71. The van der Waals surface area contributed by atoms with Crippen molar-refractivity contribution < 1.29 is 4.42 Å². The van der Waals surface area contributed by atoms with E-state index in [0.29, 0.717) is 30.4 Å². The molecule has 2 atom stereocenters. The molecule has 3 rings (SSSR count). The fourth-order valence-corrected chi connectivity index (χ4v) is 2.51. The molecule has 2 unspecified atom stereocenters. The molecule has 1 aromatic heterocycles.